The molecule has 2 aromatic carbocycles. The lowest BCUT2D eigenvalue weighted by atomic mass is 10.1. The predicted molar refractivity (Wildman–Crippen MR) is 86.6 cm³/mol. The molecule has 0 saturated heterocycles. The van der Waals surface area contributed by atoms with Gasteiger partial charge in [0, 0.05) is 15.8 Å². The molecule has 1 heterocycles. The number of nitrogens with two attached hydrogens (primary N) is 1. The second-order valence-corrected chi connectivity index (χ2v) is 5.45. The van der Waals surface area contributed by atoms with Crippen LogP contribution in [0.1, 0.15) is 0 Å². The number of halogens is 2. The van der Waals surface area contributed by atoms with Crippen LogP contribution in [0.15, 0.2) is 47.1 Å². The summed E-state index contributed by atoms with van der Waals surface area (Å²) < 4.78 is 6.49. The van der Waals surface area contributed by atoms with Crippen LogP contribution in [-0.2, 0) is 0 Å². The summed E-state index contributed by atoms with van der Waals surface area (Å²) in [6.45, 7) is 0. The molecule has 0 aliphatic heterocycles. The number of hydrazine groups is 1. The zero-order valence-corrected chi connectivity index (χ0v) is 13.0. The Labute approximate surface area is 134 Å². The van der Waals surface area contributed by atoms with E-state index in [0.717, 1.165) is 10.8 Å². The Bertz CT molecular complexity index is 812. The highest BCUT2D eigenvalue weighted by atomic mass is 79.9. The van der Waals surface area contributed by atoms with Gasteiger partial charge in [0.25, 0.3) is 0 Å². The number of nitrogens with zero attached hydrogens (tertiary/aromatic N) is 2. The van der Waals surface area contributed by atoms with Crippen molar-refractivity contribution < 1.29 is 4.74 Å². The molecule has 0 aliphatic rings. The van der Waals surface area contributed by atoms with Crippen LogP contribution in [0.2, 0.25) is 5.02 Å². The van der Waals surface area contributed by atoms with E-state index in [1.165, 1.54) is 0 Å². The van der Waals surface area contributed by atoms with Crippen molar-refractivity contribution in [1.29, 1.82) is 0 Å². The fourth-order valence-electron chi connectivity index (χ4n) is 1.92. The number of aromatic nitrogens is 2. The summed E-state index contributed by atoms with van der Waals surface area (Å²) in [4.78, 5) is 8.15. The number of nitrogens with one attached hydrogen (secondary N) is 1. The molecule has 3 aromatic rings. The average Bonchev–Trinajstić information content (AvgIpc) is 2.52. The quantitative estimate of drug-likeness (QED) is 0.539. The van der Waals surface area contributed by atoms with E-state index in [-0.39, 0.29) is 5.95 Å². The molecular weight excluding hydrogens is 356 g/mol. The molecule has 0 fully saturated rings. The van der Waals surface area contributed by atoms with Gasteiger partial charge in [0.05, 0.1) is 10.7 Å². The molecule has 106 valence electrons. The number of hydrogen-bond acceptors (Lipinski definition) is 5. The highest BCUT2D eigenvalue weighted by Crippen LogP contribution is 2.35. The Morgan fingerprint density at radius 3 is 2.67 bits per heavy atom. The van der Waals surface area contributed by atoms with Crippen molar-refractivity contribution in [3.05, 3.63) is 52.1 Å². The maximum atomic E-state index is 6.19. The Kier molecular flexibility index (Phi) is 3.92. The van der Waals surface area contributed by atoms with Gasteiger partial charge in [-0.3, -0.25) is 5.43 Å². The fraction of sp³-hybridized carbons (Fsp3) is 0. The maximum absolute atomic E-state index is 6.19. The lowest BCUT2D eigenvalue weighted by Crippen LogP contribution is -2.10. The second-order valence-electron chi connectivity index (χ2n) is 4.18. The molecule has 0 radical (unpaired) electrons. The summed E-state index contributed by atoms with van der Waals surface area (Å²) in [7, 11) is 0. The molecule has 0 spiro atoms. The first-order valence-corrected chi connectivity index (χ1v) is 7.20. The van der Waals surface area contributed by atoms with E-state index in [2.05, 4.69) is 31.3 Å². The number of anilines is 1. The molecule has 7 heteroatoms. The molecule has 0 saturated carbocycles. The summed E-state index contributed by atoms with van der Waals surface area (Å²) in [6.07, 6.45) is 1.57. The van der Waals surface area contributed by atoms with Crippen LogP contribution in [0.5, 0.6) is 11.6 Å². The van der Waals surface area contributed by atoms with Crippen LogP contribution in [0.4, 0.5) is 5.95 Å². The van der Waals surface area contributed by atoms with E-state index in [1.807, 2.05) is 24.3 Å². The molecule has 0 amide bonds. The van der Waals surface area contributed by atoms with Crippen LogP contribution in [-0.4, -0.2) is 9.97 Å². The third-order valence-corrected chi connectivity index (χ3v) is 3.75. The molecule has 3 rings (SSSR count). The Morgan fingerprint density at radius 1 is 1.14 bits per heavy atom. The van der Waals surface area contributed by atoms with E-state index in [4.69, 9.17) is 22.2 Å². The van der Waals surface area contributed by atoms with Crippen LogP contribution in [0, 0.1) is 0 Å². The molecule has 21 heavy (non-hydrogen) atoms. The van der Waals surface area contributed by atoms with Gasteiger partial charge < -0.3 is 4.74 Å². The molecule has 0 unspecified atom stereocenters. The number of rotatable bonds is 3. The first kappa shape index (κ1) is 14.1. The zero-order chi connectivity index (χ0) is 14.8. The van der Waals surface area contributed by atoms with Crippen molar-refractivity contribution in [2.45, 2.75) is 0 Å². The largest absolute Gasteiger partial charge is 0.437 e. The van der Waals surface area contributed by atoms with E-state index in [0.29, 0.717) is 21.1 Å². The zero-order valence-electron chi connectivity index (χ0n) is 10.7. The second kappa shape index (κ2) is 5.85. The summed E-state index contributed by atoms with van der Waals surface area (Å²) in [6, 6.07) is 11.3. The van der Waals surface area contributed by atoms with E-state index < -0.39 is 0 Å². The summed E-state index contributed by atoms with van der Waals surface area (Å²) in [5.74, 6) is 6.60. The van der Waals surface area contributed by atoms with Crippen molar-refractivity contribution >= 4 is 44.3 Å². The van der Waals surface area contributed by atoms with Crippen molar-refractivity contribution in [3.8, 4) is 11.6 Å². The average molecular weight is 366 g/mol. The maximum Gasteiger partial charge on any atom is 0.240 e. The number of nitrogen functional groups attached to an aromatic ring is 1. The normalized spacial score (nSPS) is 10.6. The minimum absolute atomic E-state index is 0.270. The topological polar surface area (TPSA) is 73.1 Å². The third-order valence-electron chi connectivity index (χ3n) is 2.88. The van der Waals surface area contributed by atoms with Crippen molar-refractivity contribution in [3.63, 3.8) is 0 Å². The smallest absolute Gasteiger partial charge is 0.240 e. The van der Waals surface area contributed by atoms with Crippen LogP contribution in [0.25, 0.3) is 10.8 Å². The molecule has 0 bridgehead atoms. The number of hydrogen-bond donors (Lipinski definition) is 2. The van der Waals surface area contributed by atoms with Gasteiger partial charge in [0.2, 0.25) is 11.8 Å². The van der Waals surface area contributed by atoms with Crippen LogP contribution < -0.4 is 16.0 Å². The molecule has 5 nitrogen and oxygen atoms in total. The third kappa shape index (κ3) is 2.78. The fourth-order valence-corrected chi connectivity index (χ4v) is 2.42. The van der Waals surface area contributed by atoms with Gasteiger partial charge in [0.1, 0.15) is 5.75 Å². The van der Waals surface area contributed by atoms with Gasteiger partial charge in [-0.15, -0.1) is 0 Å². The first-order chi connectivity index (χ1) is 10.2. The molecular formula is C14H10BrClN4O. The van der Waals surface area contributed by atoms with Gasteiger partial charge in [-0.2, -0.15) is 4.98 Å². The number of ether oxygens (including phenoxy) is 1. The van der Waals surface area contributed by atoms with Gasteiger partial charge in [-0.1, -0.05) is 35.9 Å². The SMILES string of the molecule is NNc1ncc(Br)c(Oc2ccc(Cl)c3ccccc23)n1. The Balaban J connectivity index is 2.08. The summed E-state index contributed by atoms with van der Waals surface area (Å²) >= 11 is 9.54. The van der Waals surface area contributed by atoms with Crippen molar-refractivity contribution in [2.24, 2.45) is 5.84 Å². The monoisotopic (exact) mass is 364 g/mol. The van der Waals surface area contributed by atoms with Crippen LogP contribution >= 0.6 is 27.5 Å². The molecule has 3 N–H and O–H groups in total. The lowest BCUT2D eigenvalue weighted by Gasteiger charge is -2.11. The van der Waals surface area contributed by atoms with Crippen molar-refractivity contribution in [2.75, 3.05) is 5.43 Å². The van der Waals surface area contributed by atoms with E-state index in [9.17, 15) is 0 Å². The summed E-state index contributed by atoms with van der Waals surface area (Å²) in [5.41, 5.74) is 2.38. The van der Waals surface area contributed by atoms with Gasteiger partial charge in [0.15, 0.2) is 0 Å². The van der Waals surface area contributed by atoms with Gasteiger partial charge in [-0.25, -0.2) is 10.8 Å². The van der Waals surface area contributed by atoms with E-state index in [1.54, 1.807) is 18.3 Å². The Morgan fingerprint density at radius 2 is 1.90 bits per heavy atom. The lowest BCUT2D eigenvalue weighted by molar-refractivity contribution is 0.464. The number of fused-ring (bicyclic) bond motifs is 1. The summed E-state index contributed by atoms with van der Waals surface area (Å²) in [5, 5.41) is 2.49. The Hall–Kier alpha value is -1.89. The first-order valence-electron chi connectivity index (χ1n) is 6.03. The highest BCUT2D eigenvalue weighted by Gasteiger charge is 2.11. The molecule has 0 atom stereocenters. The van der Waals surface area contributed by atoms with E-state index >= 15 is 0 Å². The molecule has 0 aliphatic carbocycles. The number of benzene rings is 2. The van der Waals surface area contributed by atoms with Crippen molar-refractivity contribution in [1.82, 2.24) is 9.97 Å². The predicted octanol–water partition coefficient (Wildman–Crippen LogP) is 4.12. The van der Waals surface area contributed by atoms with Crippen LogP contribution in [0.3, 0.4) is 0 Å². The molecule has 1 aromatic heterocycles. The van der Waals surface area contributed by atoms with Gasteiger partial charge >= 0.3 is 0 Å². The van der Waals surface area contributed by atoms with Gasteiger partial charge in [-0.05, 0) is 28.1 Å². The minimum atomic E-state index is 0.270. The standard InChI is InChI=1S/C14H10BrClN4O/c15-10-7-18-14(20-17)19-13(10)21-12-6-5-11(16)8-3-1-2-4-9(8)12/h1-7H,17H2,(H,18,19,20). The minimum Gasteiger partial charge on any atom is -0.437 e. The highest BCUT2D eigenvalue weighted by molar-refractivity contribution is 9.10.